The van der Waals surface area contributed by atoms with Crippen molar-refractivity contribution in [2.75, 3.05) is 18.0 Å². The van der Waals surface area contributed by atoms with E-state index >= 15 is 0 Å². The highest BCUT2D eigenvalue weighted by atomic mass is 32.1. The number of benzene rings is 3. The maximum absolute atomic E-state index is 12.0. The van der Waals surface area contributed by atoms with E-state index in [1.807, 2.05) is 11.3 Å². The molecule has 0 unspecified atom stereocenters. The lowest BCUT2D eigenvalue weighted by atomic mass is 10.1. The Kier molecular flexibility index (Phi) is 8.70. The van der Waals surface area contributed by atoms with Crippen molar-refractivity contribution in [1.82, 2.24) is 0 Å². The Morgan fingerprint density at radius 2 is 1.19 bits per heavy atom. The van der Waals surface area contributed by atoms with E-state index in [1.54, 1.807) is 11.3 Å². The van der Waals surface area contributed by atoms with Gasteiger partial charge in [-0.2, -0.15) is 0 Å². The average molecular weight is 604 g/mol. The normalized spacial score (nSPS) is 13.3. The molecule has 2 nitrogen and oxygen atoms in total. The number of carbonyl (C=O) groups excluding carboxylic acids is 1. The Morgan fingerprint density at radius 3 is 1.71 bits per heavy atom. The second kappa shape index (κ2) is 12.8. The first-order valence-electron chi connectivity index (χ1n) is 15.1. The summed E-state index contributed by atoms with van der Waals surface area (Å²) in [6.07, 6.45) is 10.4. The van der Waals surface area contributed by atoms with Crippen molar-refractivity contribution in [2.45, 2.75) is 39.5 Å². The van der Waals surface area contributed by atoms with Crippen molar-refractivity contribution in [1.29, 1.82) is 0 Å². The topological polar surface area (TPSA) is 20.3 Å². The maximum Gasteiger partial charge on any atom is 0.182 e. The molecule has 0 amide bonds. The van der Waals surface area contributed by atoms with Crippen LogP contribution < -0.4 is 25.6 Å². The fourth-order valence-corrected chi connectivity index (χ4v) is 14.8. The highest BCUT2D eigenvalue weighted by molar-refractivity contribution is 7.34. The summed E-state index contributed by atoms with van der Waals surface area (Å²) in [5.74, 6) is 0. The molecular weight excluding hydrogens is 567 g/mol. The van der Waals surface area contributed by atoms with Gasteiger partial charge in [0.25, 0.3) is 0 Å². The Hall–Kier alpha value is -3.51. The predicted octanol–water partition coefficient (Wildman–Crippen LogP) is 7.56. The van der Waals surface area contributed by atoms with Gasteiger partial charge < -0.3 is 4.90 Å². The predicted molar refractivity (Wildman–Crippen MR) is 188 cm³/mol. The highest BCUT2D eigenvalue weighted by Crippen LogP contribution is 2.39. The zero-order valence-corrected chi connectivity index (χ0v) is 27.0. The summed E-state index contributed by atoms with van der Waals surface area (Å²) >= 11 is 3.51. The summed E-state index contributed by atoms with van der Waals surface area (Å²) in [6, 6.07) is 35.6. The number of hydrogen-bond acceptors (Lipinski definition) is 4. The molecule has 0 N–H and O–H groups in total. The van der Waals surface area contributed by atoms with Crippen LogP contribution in [-0.2, 0) is 0 Å². The number of fused-ring (bicyclic) bond motifs is 3. The Labute approximate surface area is 259 Å². The van der Waals surface area contributed by atoms with Gasteiger partial charge in [0.05, 0.1) is 4.88 Å². The van der Waals surface area contributed by atoms with Gasteiger partial charge in [-0.1, -0.05) is 106 Å². The van der Waals surface area contributed by atoms with Crippen LogP contribution in [0.5, 0.6) is 0 Å². The van der Waals surface area contributed by atoms with Crippen LogP contribution >= 0.6 is 22.7 Å². The van der Waals surface area contributed by atoms with Gasteiger partial charge in [-0.05, 0) is 69.5 Å². The van der Waals surface area contributed by atoms with E-state index in [1.165, 1.54) is 72.3 Å². The van der Waals surface area contributed by atoms with Gasteiger partial charge in [-0.15, -0.1) is 22.7 Å². The SMILES string of the molecule is CCCCN(CCCC)c1ccc(/C=C/c2cc3c(s2)-c2sc(C=O)cc2[Si]3(c2ccccc2)c2ccccc2)cc1. The molecule has 212 valence electrons. The van der Waals surface area contributed by atoms with Crippen LogP contribution in [0.1, 0.15) is 59.6 Å². The quantitative estimate of drug-likeness (QED) is 0.106. The smallest absolute Gasteiger partial charge is 0.182 e. The van der Waals surface area contributed by atoms with E-state index in [0.29, 0.717) is 0 Å². The molecule has 0 radical (unpaired) electrons. The molecule has 1 aliphatic heterocycles. The summed E-state index contributed by atoms with van der Waals surface area (Å²) < 4.78 is 0. The molecule has 5 aromatic rings. The summed E-state index contributed by atoms with van der Waals surface area (Å²) in [7, 11) is -2.53. The summed E-state index contributed by atoms with van der Waals surface area (Å²) in [4.78, 5) is 19.2. The monoisotopic (exact) mass is 603 g/mol. The molecule has 0 aliphatic carbocycles. The molecule has 0 spiro atoms. The molecule has 3 heterocycles. The number of anilines is 1. The second-order valence-electron chi connectivity index (χ2n) is 11.0. The van der Waals surface area contributed by atoms with Crippen molar-refractivity contribution >= 4 is 75.6 Å². The molecule has 0 atom stereocenters. The first-order valence-corrected chi connectivity index (χ1v) is 18.7. The van der Waals surface area contributed by atoms with Crippen LogP contribution in [-0.4, -0.2) is 27.4 Å². The Bertz CT molecular complexity index is 1620. The molecule has 0 bridgehead atoms. The first kappa shape index (κ1) is 28.6. The Balaban J connectivity index is 1.38. The lowest BCUT2D eigenvalue weighted by Crippen LogP contribution is -2.72. The largest absolute Gasteiger partial charge is 0.372 e. The van der Waals surface area contributed by atoms with Gasteiger partial charge >= 0.3 is 0 Å². The molecule has 5 heteroatoms. The molecule has 6 rings (SSSR count). The minimum absolute atomic E-state index is 0.812. The van der Waals surface area contributed by atoms with E-state index in [2.05, 4.69) is 128 Å². The minimum Gasteiger partial charge on any atom is -0.372 e. The summed E-state index contributed by atoms with van der Waals surface area (Å²) in [5.41, 5.74) is 2.54. The number of aldehydes is 1. The summed E-state index contributed by atoms with van der Waals surface area (Å²) in [6.45, 7) is 6.77. The van der Waals surface area contributed by atoms with Crippen molar-refractivity contribution in [3.63, 3.8) is 0 Å². The van der Waals surface area contributed by atoms with E-state index in [0.717, 1.165) is 24.3 Å². The zero-order valence-electron chi connectivity index (χ0n) is 24.4. The fourth-order valence-electron chi connectivity index (χ4n) is 6.21. The van der Waals surface area contributed by atoms with Crippen LogP contribution in [0.25, 0.3) is 21.9 Å². The van der Waals surface area contributed by atoms with Crippen molar-refractivity contribution < 1.29 is 4.79 Å². The lowest BCUT2D eigenvalue weighted by Gasteiger charge is -2.29. The van der Waals surface area contributed by atoms with Gasteiger partial charge in [-0.3, -0.25) is 4.79 Å². The molecular formula is C37H37NOS2Si. The fraction of sp³-hybridized carbons (Fsp3) is 0.216. The molecule has 2 aromatic heterocycles. The molecule has 0 saturated heterocycles. The second-order valence-corrected chi connectivity index (χ2v) is 16.9. The van der Waals surface area contributed by atoms with E-state index in [9.17, 15) is 4.79 Å². The number of rotatable bonds is 12. The maximum atomic E-state index is 12.0. The number of hydrogen-bond donors (Lipinski definition) is 0. The third-order valence-corrected chi connectivity index (χ3v) is 15.8. The molecule has 0 saturated carbocycles. The standard InChI is InChI=1S/C37H37NOS2Si/c1-3-5-23-38(24-6-4-2)29-20-17-28(18-21-29)19-22-30-25-34-36(40-30)37-35(26-31(27-39)41-37)42(34,32-13-9-7-10-14-32)33-15-11-8-12-16-33/h7-22,25-27H,3-6,23-24H2,1-2H3/b22-19+. The van der Waals surface area contributed by atoms with E-state index in [4.69, 9.17) is 0 Å². The number of unbranched alkanes of at least 4 members (excludes halogenated alkanes) is 2. The first-order chi connectivity index (χ1) is 20.7. The van der Waals surface area contributed by atoms with Gasteiger partial charge in [0, 0.05) is 33.4 Å². The summed E-state index contributed by atoms with van der Waals surface area (Å²) in [5, 5.41) is 5.54. The molecule has 0 fully saturated rings. The highest BCUT2D eigenvalue weighted by Gasteiger charge is 2.51. The van der Waals surface area contributed by atoms with Gasteiger partial charge in [0.2, 0.25) is 0 Å². The zero-order chi connectivity index (χ0) is 28.9. The molecule has 1 aliphatic rings. The Morgan fingerprint density at radius 1 is 0.667 bits per heavy atom. The van der Waals surface area contributed by atoms with Gasteiger partial charge in [0.15, 0.2) is 14.4 Å². The van der Waals surface area contributed by atoms with Crippen molar-refractivity contribution in [2.24, 2.45) is 0 Å². The lowest BCUT2D eigenvalue weighted by molar-refractivity contribution is 0.112. The molecule has 3 aromatic carbocycles. The van der Waals surface area contributed by atoms with E-state index < -0.39 is 8.07 Å². The van der Waals surface area contributed by atoms with Crippen LogP contribution in [0.2, 0.25) is 0 Å². The van der Waals surface area contributed by atoms with E-state index in [-0.39, 0.29) is 0 Å². The van der Waals surface area contributed by atoms with Gasteiger partial charge in [0.1, 0.15) is 0 Å². The third-order valence-electron chi connectivity index (χ3n) is 8.31. The number of thiophene rings is 2. The number of nitrogens with zero attached hydrogens (tertiary/aromatic N) is 1. The van der Waals surface area contributed by atoms with Crippen molar-refractivity contribution in [3.8, 4) is 9.75 Å². The number of carbonyl (C=O) groups is 1. The van der Waals surface area contributed by atoms with Crippen molar-refractivity contribution in [3.05, 3.63) is 112 Å². The molecule has 42 heavy (non-hydrogen) atoms. The van der Waals surface area contributed by atoms with Crippen LogP contribution in [0.15, 0.2) is 97.1 Å². The average Bonchev–Trinajstić information content (AvgIpc) is 3.72. The van der Waals surface area contributed by atoms with Crippen LogP contribution in [0.4, 0.5) is 5.69 Å². The van der Waals surface area contributed by atoms with Crippen LogP contribution in [0.3, 0.4) is 0 Å². The minimum atomic E-state index is -2.53. The van der Waals surface area contributed by atoms with Crippen LogP contribution in [0, 0.1) is 0 Å². The van der Waals surface area contributed by atoms with Gasteiger partial charge in [-0.25, -0.2) is 0 Å². The third kappa shape index (κ3) is 5.26.